The summed E-state index contributed by atoms with van der Waals surface area (Å²) in [6, 6.07) is 5.75. The number of esters is 1. The predicted octanol–water partition coefficient (Wildman–Crippen LogP) is 3.92. The number of piperidine rings is 1. The molecule has 7 rings (SSSR count). The van der Waals surface area contributed by atoms with Crippen molar-refractivity contribution in [2.45, 2.75) is 77.0 Å². The third kappa shape index (κ3) is 4.61. The first kappa shape index (κ1) is 29.0. The van der Waals surface area contributed by atoms with Crippen LogP contribution in [0.5, 0.6) is 11.5 Å². The second-order valence-electron chi connectivity index (χ2n) is 12.4. The molecule has 3 aliphatic heterocycles. The number of nitrogens with zero attached hydrogens (tertiary/aromatic N) is 3. The van der Waals surface area contributed by atoms with Gasteiger partial charge < -0.3 is 28.4 Å². The lowest BCUT2D eigenvalue weighted by atomic mass is 9.91. The average molecular weight is 602 g/mol. The highest BCUT2D eigenvalue weighted by Crippen LogP contribution is 2.45. The smallest absolute Gasteiger partial charge is 0.308 e. The predicted molar refractivity (Wildman–Crippen MR) is 163 cm³/mol. The van der Waals surface area contributed by atoms with Crippen LogP contribution < -0.4 is 15.0 Å². The van der Waals surface area contributed by atoms with Gasteiger partial charge in [-0.15, -0.1) is 0 Å². The number of benzene rings is 1. The first-order valence-corrected chi connectivity index (χ1v) is 15.9. The highest BCUT2D eigenvalue weighted by Gasteiger charge is 2.51. The molecule has 1 fully saturated rings. The molecule has 44 heavy (non-hydrogen) atoms. The van der Waals surface area contributed by atoms with Crippen LogP contribution in [0.1, 0.15) is 68.2 Å². The van der Waals surface area contributed by atoms with Crippen molar-refractivity contribution in [3.63, 3.8) is 0 Å². The number of fused-ring (bicyclic) bond motifs is 6. The molecule has 10 nitrogen and oxygen atoms in total. The Hall–Kier alpha value is -3.76. The van der Waals surface area contributed by atoms with E-state index in [2.05, 4.69) is 4.90 Å². The van der Waals surface area contributed by atoms with E-state index in [1.165, 1.54) is 6.42 Å². The molecule has 5 heterocycles. The lowest BCUT2D eigenvalue weighted by molar-refractivity contribution is -0.169. The fourth-order valence-corrected chi connectivity index (χ4v) is 7.50. The SMILES string of the molecule is CCC1(OC(=O)CC(C)N2CCCCC2)C(=O)Cc2c1cc1n(c2=O)Cc2c-1nc1cc3c(cc1c2CCOC)OCCO3. The van der Waals surface area contributed by atoms with E-state index < -0.39 is 11.6 Å². The third-order valence-corrected chi connectivity index (χ3v) is 9.87. The van der Waals surface area contributed by atoms with Gasteiger partial charge in [-0.05, 0) is 63.4 Å². The quantitative estimate of drug-likeness (QED) is 0.278. The van der Waals surface area contributed by atoms with E-state index in [0.29, 0.717) is 66.8 Å². The Morgan fingerprint density at radius 3 is 2.55 bits per heavy atom. The van der Waals surface area contributed by atoms with Crippen molar-refractivity contribution in [2.75, 3.05) is 40.0 Å². The summed E-state index contributed by atoms with van der Waals surface area (Å²) in [4.78, 5) is 48.4. The topological polar surface area (TPSA) is 109 Å². The van der Waals surface area contributed by atoms with Gasteiger partial charge in [0.1, 0.15) is 13.2 Å². The maximum Gasteiger partial charge on any atom is 0.308 e. The zero-order valence-electron chi connectivity index (χ0n) is 25.7. The average Bonchev–Trinajstić information content (AvgIpc) is 3.54. The van der Waals surface area contributed by atoms with Gasteiger partial charge in [-0.3, -0.25) is 14.4 Å². The summed E-state index contributed by atoms with van der Waals surface area (Å²) in [5, 5.41) is 0.938. The van der Waals surface area contributed by atoms with Gasteiger partial charge in [0.25, 0.3) is 5.56 Å². The molecule has 232 valence electrons. The highest BCUT2D eigenvalue weighted by molar-refractivity contribution is 5.98. The van der Waals surface area contributed by atoms with Crippen molar-refractivity contribution in [1.29, 1.82) is 0 Å². The molecule has 0 N–H and O–H groups in total. The molecule has 0 amide bonds. The van der Waals surface area contributed by atoms with Crippen LogP contribution in [0, 0.1) is 0 Å². The zero-order chi connectivity index (χ0) is 30.6. The van der Waals surface area contributed by atoms with E-state index >= 15 is 0 Å². The standard InChI is InChI=1S/C34H39N3O7/c1-4-34(44-31(39)14-20(2)36-9-6-5-7-10-36)25-17-27-32-24(19-37(27)33(40)23(25)16-30(34)38)21(8-11-41-3)22-15-28-29(18-26(22)35-32)43-13-12-42-28/h15,17-18,20H,4-14,16,19H2,1-3H3. The molecule has 1 aliphatic carbocycles. The monoisotopic (exact) mass is 601 g/mol. The summed E-state index contributed by atoms with van der Waals surface area (Å²) in [6.07, 6.45) is 4.49. The van der Waals surface area contributed by atoms with Gasteiger partial charge in [0.05, 0.1) is 36.5 Å². The van der Waals surface area contributed by atoms with Gasteiger partial charge in [0, 0.05) is 47.7 Å². The second kappa shape index (κ2) is 11.3. The van der Waals surface area contributed by atoms with Gasteiger partial charge in [-0.25, -0.2) is 4.98 Å². The molecule has 2 unspecified atom stereocenters. The van der Waals surface area contributed by atoms with E-state index in [0.717, 1.165) is 48.0 Å². The van der Waals surface area contributed by atoms with E-state index in [-0.39, 0.29) is 36.6 Å². The van der Waals surface area contributed by atoms with Crippen molar-refractivity contribution < 1.29 is 28.5 Å². The minimum Gasteiger partial charge on any atom is -0.486 e. The lowest BCUT2D eigenvalue weighted by Crippen LogP contribution is -2.41. The third-order valence-electron chi connectivity index (χ3n) is 9.87. The number of ether oxygens (including phenoxy) is 4. The summed E-state index contributed by atoms with van der Waals surface area (Å²) >= 11 is 0. The molecule has 2 atom stereocenters. The zero-order valence-corrected chi connectivity index (χ0v) is 25.7. The number of hydrogen-bond acceptors (Lipinski definition) is 9. The number of rotatable bonds is 8. The molecule has 0 bridgehead atoms. The van der Waals surface area contributed by atoms with Crippen LogP contribution in [-0.2, 0) is 44.1 Å². The first-order valence-electron chi connectivity index (χ1n) is 15.9. The largest absolute Gasteiger partial charge is 0.486 e. The van der Waals surface area contributed by atoms with E-state index in [9.17, 15) is 14.4 Å². The lowest BCUT2D eigenvalue weighted by Gasteiger charge is -2.33. The summed E-state index contributed by atoms with van der Waals surface area (Å²) in [5.41, 5.74) is 3.24. The molecule has 0 spiro atoms. The number of likely N-dealkylation sites (tertiary alicyclic amines) is 1. The van der Waals surface area contributed by atoms with E-state index in [1.807, 2.05) is 32.0 Å². The number of pyridine rings is 2. The first-order chi connectivity index (χ1) is 21.3. The van der Waals surface area contributed by atoms with Crippen LogP contribution in [0.15, 0.2) is 23.0 Å². The molecule has 0 radical (unpaired) electrons. The Bertz CT molecular complexity index is 1720. The van der Waals surface area contributed by atoms with Gasteiger partial charge in [0.2, 0.25) is 0 Å². The summed E-state index contributed by atoms with van der Waals surface area (Å²) < 4.78 is 25.0. The Kier molecular flexibility index (Phi) is 7.45. The molecular formula is C34H39N3O7. The van der Waals surface area contributed by atoms with Crippen LogP contribution in [-0.4, -0.2) is 72.3 Å². The Labute approximate surface area is 256 Å². The molecule has 4 aliphatic rings. The molecule has 0 saturated carbocycles. The van der Waals surface area contributed by atoms with Crippen LogP contribution in [0.25, 0.3) is 22.3 Å². The van der Waals surface area contributed by atoms with Crippen molar-refractivity contribution in [1.82, 2.24) is 14.5 Å². The maximum atomic E-state index is 14.0. The van der Waals surface area contributed by atoms with Gasteiger partial charge in [0.15, 0.2) is 22.9 Å². The number of Topliss-reactive ketones (excluding diaryl/α,β-unsaturated/α-hetero) is 1. The number of ketones is 1. The summed E-state index contributed by atoms with van der Waals surface area (Å²) in [6.45, 7) is 7.60. The van der Waals surface area contributed by atoms with Crippen LogP contribution >= 0.6 is 0 Å². The molecular weight excluding hydrogens is 562 g/mol. The fourth-order valence-electron chi connectivity index (χ4n) is 7.50. The van der Waals surface area contributed by atoms with Crippen molar-refractivity contribution in [3.05, 3.63) is 50.8 Å². The Balaban J connectivity index is 1.30. The minimum absolute atomic E-state index is 0.0216. The molecule has 1 aromatic carbocycles. The molecule has 3 aromatic rings. The van der Waals surface area contributed by atoms with Gasteiger partial charge in [-0.2, -0.15) is 0 Å². The summed E-state index contributed by atoms with van der Waals surface area (Å²) in [7, 11) is 1.67. The molecule has 1 saturated heterocycles. The number of carbonyl (C=O) groups excluding carboxylic acids is 2. The highest BCUT2D eigenvalue weighted by atomic mass is 16.6. The molecule has 2 aromatic heterocycles. The number of methoxy groups -OCH3 is 1. The number of carbonyl (C=O) groups is 2. The summed E-state index contributed by atoms with van der Waals surface area (Å²) in [5.74, 6) is 0.662. The van der Waals surface area contributed by atoms with E-state index in [1.54, 1.807) is 11.7 Å². The normalized spacial score (nSPS) is 21.2. The Morgan fingerprint density at radius 1 is 1.07 bits per heavy atom. The van der Waals surface area contributed by atoms with Crippen molar-refractivity contribution >= 4 is 22.7 Å². The second-order valence-corrected chi connectivity index (χ2v) is 12.4. The van der Waals surface area contributed by atoms with Crippen LogP contribution in [0.2, 0.25) is 0 Å². The van der Waals surface area contributed by atoms with Gasteiger partial charge >= 0.3 is 5.97 Å². The van der Waals surface area contributed by atoms with Crippen LogP contribution in [0.4, 0.5) is 0 Å². The minimum atomic E-state index is -1.48. The number of hydrogen-bond donors (Lipinski definition) is 0. The molecule has 10 heteroatoms. The van der Waals surface area contributed by atoms with E-state index in [4.69, 9.17) is 23.9 Å². The number of aromatic nitrogens is 2. The maximum absolute atomic E-state index is 14.0. The van der Waals surface area contributed by atoms with Gasteiger partial charge in [-0.1, -0.05) is 13.3 Å². The van der Waals surface area contributed by atoms with Crippen molar-refractivity contribution in [2.24, 2.45) is 0 Å². The van der Waals surface area contributed by atoms with Crippen LogP contribution in [0.3, 0.4) is 0 Å². The van der Waals surface area contributed by atoms with Crippen molar-refractivity contribution in [3.8, 4) is 22.9 Å². The fraction of sp³-hybridized carbons (Fsp3) is 0.529. The Morgan fingerprint density at radius 2 is 1.82 bits per heavy atom.